The van der Waals surface area contributed by atoms with Crippen LogP contribution in [0.3, 0.4) is 0 Å². The fraction of sp³-hybridized carbons (Fsp3) is 0.259. The summed E-state index contributed by atoms with van der Waals surface area (Å²) in [6, 6.07) is 21.6. The van der Waals surface area contributed by atoms with E-state index in [2.05, 4.69) is 44.6 Å². The van der Waals surface area contributed by atoms with E-state index in [-0.39, 0.29) is 11.9 Å². The molecule has 1 fully saturated rings. The van der Waals surface area contributed by atoms with Crippen LogP contribution in [0.1, 0.15) is 11.1 Å². The fourth-order valence-corrected chi connectivity index (χ4v) is 4.75. The van der Waals surface area contributed by atoms with Crippen molar-refractivity contribution in [2.75, 3.05) is 30.8 Å². The number of carbonyl (C=O) groups is 2. The minimum absolute atomic E-state index is 0.268. The summed E-state index contributed by atoms with van der Waals surface area (Å²) in [7, 11) is 2.11. The van der Waals surface area contributed by atoms with Crippen molar-refractivity contribution in [1.82, 2.24) is 9.80 Å². The standard InChI is InChI=1S/C27H27BrN4O3/c1-31-14-13-18-15-22(10-7-19(18)16-31)29-26(33)25-24(35-23-5-3-2-4-6-23)17-32(25)27(34)30-21-11-8-20(28)9-12-21/h2-12,15,24-25H,13-14,16-17H2,1H3,(H,29,33)(H,30,34)/t24-,25+/m0/s1. The number of carbonyl (C=O) groups excluding carboxylic acids is 2. The van der Waals surface area contributed by atoms with Crippen LogP contribution in [-0.2, 0) is 17.8 Å². The molecule has 8 heteroatoms. The number of benzene rings is 3. The minimum atomic E-state index is -0.757. The summed E-state index contributed by atoms with van der Waals surface area (Å²) in [6.07, 6.45) is 0.500. The predicted octanol–water partition coefficient (Wildman–Crippen LogP) is 4.74. The van der Waals surface area contributed by atoms with Crippen molar-refractivity contribution < 1.29 is 14.3 Å². The van der Waals surface area contributed by atoms with Crippen molar-refractivity contribution >= 4 is 39.2 Å². The average Bonchev–Trinajstić information content (AvgIpc) is 2.83. The van der Waals surface area contributed by atoms with E-state index in [4.69, 9.17) is 4.74 Å². The van der Waals surface area contributed by atoms with Gasteiger partial charge in [0, 0.05) is 28.9 Å². The molecule has 2 aliphatic rings. The van der Waals surface area contributed by atoms with E-state index < -0.39 is 12.1 Å². The quantitative estimate of drug-likeness (QED) is 0.495. The van der Waals surface area contributed by atoms with Gasteiger partial charge in [-0.05, 0) is 73.1 Å². The Labute approximate surface area is 213 Å². The molecular formula is C27H27BrN4O3. The Morgan fingerprint density at radius 2 is 1.69 bits per heavy atom. The van der Waals surface area contributed by atoms with Crippen LogP contribution in [0.4, 0.5) is 16.2 Å². The van der Waals surface area contributed by atoms with E-state index in [0.717, 1.165) is 29.7 Å². The zero-order valence-corrected chi connectivity index (χ0v) is 21.0. The number of likely N-dealkylation sites (N-methyl/N-ethyl adjacent to an activating group) is 1. The largest absolute Gasteiger partial charge is 0.486 e. The van der Waals surface area contributed by atoms with Gasteiger partial charge in [-0.15, -0.1) is 0 Å². The Hall–Kier alpha value is -3.36. The first-order chi connectivity index (χ1) is 17.0. The third kappa shape index (κ3) is 5.33. The molecule has 0 bridgehead atoms. The molecule has 35 heavy (non-hydrogen) atoms. The molecule has 3 aromatic carbocycles. The molecule has 3 amide bonds. The normalized spacial score (nSPS) is 19.3. The number of ether oxygens (including phenoxy) is 1. The lowest BCUT2D eigenvalue weighted by molar-refractivity contribution is -0.130. The predicted molar refractivity (Wildman–Crippen MR) is 140 cm³/mol. The van der Waals surface area contributed by atoms with Crippen LogP contribution in [0.2, 0.25) is 0 Å². The topological polar surface area (TPSA) is 73.9 Å². The van der Waals surface area contributed by atoms with Crippen molar-refractivity contribution in [2.24, 2.45) is 0 Å². The van der Waals surface area contributed by atoms with E-state index in [1.165, 1.54) is 16.0 Å². The first-order valence-electron chi connectivity index (χ1n) is 11.6. The van der Waals surface area contributed by atoms with Crippen LogP contribution in [-0.4, -0.2) is 54.0 Å². The second-order valence-electron chi connectivity index (χ2n) is 8.96. The molecule has 2 heterocycles. The lowest BCUT2D eigenvalue weighted by Gasteiger charge is -2.45. The molecule has 5 rings (SSSR count). The SMILES string of the molecule is CN1CCc2cc(NC(=O)[C@H]3[C@@H](Oc4ccccc4)CN3C(=O)Nc3ccc(Br)cc3)ccc2C1. The molecule has 0 spiro atoms. The number of halogens is 1. The summed E-state index contributed by atoms with van der Waals surface area (Å²) in [5.41, 5.74) is 3.92. The Kier molecular flexibility index (Phi) is 6.74. The smallest absolute Gasteiger partial charge is 0.322 e. The van der Waals surface area contributed by atoms with Gasteiger partial charge in [0.15, 0.2) is 6.04 Å². The summed E-state index contributed by atoms with van der Waals surface area (Å²) in [5.74, 6) is 0.400. The number of amides is 3. The van der Waals surface area contributed by atoms with Gasteiger partial charge in [0.05, 0.1) is 6.54 Å². The zero-order valence-electron chi connectivity index (χ0n) is 19.4. The van der Waals surface area contributed by atoms with E-state index in [9.17, 15) is 9.59 Å². The van der Waals surface area contributed by atoms with E-state index in [0.29, 0.717) is 18.0 Å². The van der Waals surface area contributed by atoms with Crippen molar-refractivity contribution in [3.05, 3.63) is 88.4 Å². The Morgan fingerprint density at radius 3 is 2.46 bits per heavy atom. The van der Waals surface area contributed by atoms with Gasteiger partial charge in [0.2, 0.25) is 0 Å². The molecule has 1 saturated heterocycles. The summed E-state index contributed by atoms with van der Waals surface area (Å²) in [5, 5.41) is 5.89. The van der Waals surface area contributed by atoms with Crippen molar-refractivity contribution in [3.63, 3.8) is 0 Å². The van der Waals surface area contributed by atoms with Crippen molar-refractivity contribution in [3.8, 4) is 5.75 Å². The fourth-order valence-electron chi connectivity index (χ4n) is 4.48. The number of rotatable bonds is 5. The Morgan fingerprint density at radius 1 is 0.943 bits per heavy atom. The van der Waals surface area contributed by atoms with Gasteiger partial charge >= 0.3 is 6.03 Å². The van der Waals surface area contributed by atoms with Gasteiger partial charge in [0.1, 0.15) is 11.9 Å². The van der Waals surface area contributed by atoms with Crippen LogP contribution >= 0.6 is 15.9 Å². The number of nitrogens with zero attached hydrogens (tertiary/aromatic N) is 2. The second-order valence-corrected chi connectivity index (χ2v) is 9.88. The molecule has 2 atom stereocenters. The molecule has 0 radical (unpaired) electrons. The highest BCUT2D eigenvalue weighted by atomic mass is 79.9. The molecule has 0 saturated carbocycles. The molecule has 7 nitrogen and oxygen atoms in total. The van der Waals surface area contributed by atoms with Gasteiger partial charge in [-0.3, -0.25) is 4.79 Å². The van der Waals surface area contributed by atoms with Crippen molar-refractivity contribution in [1.29, 1.82) is 0 Å². The maximum Gasteiger partial charge on any atom is 0.322 e. The molecule has 2 N–H and O–H groups in total. The lowest BCUT2D eigenvalue weighted by Crippen LogP contribution is -2.69. The van der Waals surface area contributed by atoms with Crippen molar-refractivity contribution in [2.45, 2.75) is 25.1 Å². The van der Waals surface area contributed by atoms with E-state index in [1.54, 1.807) is 12.1 Å². The first kappa shape index (κ1) is 23.4. The summed E-state index contributed by atoms with van der Waals surface area (Å²) >= 11 is 3.40. The van der Waals surface area contributed by atoms with Gasteiger partial charge in [-0.25, -0.2) is 4.79 Å². The average molecular weight is 535 g/mol. The molecule has 0 aliphatic carbocycles. The molecule has 180 valence electrons. The number of anilines is 2. The number of hydrogen-bond donors (Lipinski definition) is 2. The molecule has 3 aromatic rings. The number of fused-ring (bicyclic) bond motifs is 1. The summed E-state index contributed by atoms with van der Waals surface area (Å²) in [4.78, 5) is 30.2. The van der Waals surface area contributed by atoms with E-state index in [1.807, 2.05) is 54.6 Å². The van der Waals surface area contributed by atoms with E-state index >= 15 is 0 Å². The summed E-state index contributed by atoms with van der Waals surface area (Å²) < 4.78 is 7.00. The van der Waals surface area contributed by atoms with Crippen LogP contribution < -0.4 is 15.4 Å². The minimum Gasteiger partial charge on any atom is -0.486 e. The highest BCUT2D eigenvalue weighted by Crippen LogP contribution is 2.28. The zero-order chi connectivity index (χ0) is 24.4. The number of urea groups is 1. The first-order valence-corrected chi connectivity index (χ1v) is 12.4. The van der Waals surface area contributed by atoms with Crippen LogP contribution in [0.5, 0.6) is 5.75 Å². The second kappa shape index (κ2) is 10.1. The van der Waals surface area contributed by atoms with Gasteiger partial charge in [-0.1, -0.05) is 40.2 Å². The summed E-state index contributed by atoms with van der Waals surface area (Å²) in [6.45, 7) is 2.21. The number of nitrogens with one attached hydrogen (secondary N) is 2. The maximum absolute atomic E-state index is 13.4. The number of para-hydroxylation sites is 1. The molecule has 2 aliphatic heterocycles. The highest BCUT2D eigenvalue weighted by molar-refractivity contribution is 9.10. The third-order valence-electron chi connectivity index (χ3n) is 6.40. The molecule has 0 unspecified atom stereocenters. The molecular weight excluding hydrogens is 508 g/mol. The van der Waals surface area contributed by atoms with Gasteiger partial charge < -0.3 is 25.2 Å². The molecule has 0 aromatic heterocycles. The Balaban J connectivity index is 1.32. The van der Waals surface area contributed by atoms with Gasteiger partial charge in [0.25, 0.3) is 5.91 Å². The number of likely N-dealkylation sites (tertiary alicyclic amines) is 1. The lowest BCUT2D eigenvalue weighted by atomic mass is 9.97. The third-order valence-corrected chi connectivity index (χ3v) is 6.93. The highest BCUT2D eigenvalue weighted by Gasteiger charge is 2.48. The number of hydrogen-bond acceptors (Lipinski definition) is 4. The monoisotopic (exact) mass is 534 g/mol. The van der Waals surface area contributed by atoms with Crippen LogP contribution in [0.15, 0.2) is 77.3 Å². The van der Waals surface area contributed by atoms with Crippen LogP contribution in [0.25, 0.3) is 0 Å². The maximum atomic E-state index is 13.4. The van der Waals surface area contributed by atoms with Crippen LogP contribution in [0, 0.1) is 0 Å². The Bertz CT molecular complexity index is 1220. The van der Waals surface area contributed by atoms with Gasteiger partial charge in [-0.2, -0.15) is 0 Å².